The Morgan fingerprint density at radius 1 is 0.107 bits per heavy atom. The Morgan fingerprint density at radius 3 is 0.745 bits per heavy atom. The fraction of sp³-hybridized carbons (Fsp3) is 0.101. The average molecular weight is 1900 g/mol. The van der Waals surface area contributed by atoms with Crippen molar-refractivity contribution < 1.29 is 0 Å². The zero-order valence-electron chi connectivity index (χ0n) is 85.5. The number of fused-ring (bicyclic) bond motifs is 17. The first-order valence-electron chi connectivity index (χ1n) is 53.0. The quantitative estimate of drug-likeness (QED) is 0.107. The van der Waals surface area contributed by atoms with Crippen molar-refractivity contribution in [2.24, 2.45) is 0 Å². The smallest absolute Gasteiger partial charge is 0.0159 e. The van der Waals surface area contributed by atoms with Crippen molar-refractivity contribution in [1.29, 1.82) is 0 Å². The van der Waals surface area contributed by atoms with E-state index in [1.165, 1.54) is 309 Å². The molecule has 0 aliphatic heterocycles. The van der Waals surface area contributed by atoms with Crippen LogP contribution in [-0.4, -0.2) is 0 Å². The minimum atomic E-state index is -0.202. The third-order valence-electron chi connectivity index (χ3n) is 35.2. The molecule has 5 aliphatic rings. The van der Waals surface area contributed by atoms with Gasteiger partial charge in [0, 0.05) is 27.1 Å². The predicted molar refractivity (Wildman–Crippen MR) is 633 cm³/mol. The summed E-state index contributed by atoms with van der Waals surface area (Å²) in [7, 11) is 0. The molecule has 0 saturated heterocycles. The molecule has 0 aromatic heterocycles. The van der Waals surface area contributed by atoms with E-state index >= 15 is 0 Å². The van der Waals surface area contributed by atoms with Crippen LogP contribution in [0.2, 0.25) is 0 Å². The summed E-state index contributed by atoms with van der Waals surface area (Å²) in [6, 6.07) is 179. The van der Waals surface area contributed by atoms with E-state index in [9.17, 15) is 0 Å². The molecule has 0 radical (unpaired) electrons. The molecular formula is C149H108. The Balaban J connectivity index is 0.000000141. The van der Waals surface area contributed by atoms with Crippen LogP contribution in [0.15, 0.2) is 473 Å². The Hall–Kier alpha value is -17.4. The highest BCUT2D eigenvalue weighted by Crippen LogP contribution is 2.63. The lowest BCUT2D eigenvalue weighted by molar-refractivity contribution is 0.652. The molecule has 25 aromatic rings. The number of hydrogen-bond acceptors (Lipinski definition) is 0. The van der Waals surface area contributed by atoms with Crippen LogP contribution in [0.4, 0.5) is 0 Å². The summed E-state index contributed by atoms with van der Waals surface area (Å²) in [6.07, 6.45) is 0. The van der Waals surface area contributed by atoms with Crippen LogP contribution < -0.4 is 0 Å². The molecule has 0 nitrogen and oxygen atoms in total. The Kier molecular flexibility index (Phi) is 19.4. The van der Waals surface area contributed by atoms with Crippen LogP contribution in [0.3, 0.4) is 0 Å². The van der Waals surface area contributed by atoms with Gasteiger partial charge < -0.3 is 0 Å². The van der Waals surface area contributed by atoms with Gasteiger partial charge in [0.25, 0.3) is 0 Å². The van der Waals surface area contributed by atoms with Gasteiger partial charge in [-0.05, 0) is 413 Å². The lowest BCUT2D eigenvalue weighted by Gasteiger charge is -2.24. The molecule has 0 N–H and O–H groups in total. The first kappa shape index (κ1) is 88.1. The first-order chi connectivity index (χ1) is 72.6. The highest BCUT2D eigenvalue weighted by molar-refractivity contribution is 6.29. The normalized spacial score (nSPS) is 14.4. The van der Waals surface area contributed by atoms with Crippen molar-refractivity contribution in [3.8, 4) is 189 Å². The molecule has 30 rings (SSSR count). The molecule has 149 heavy (non-hydrogen) atoms. The van der Waals surface area contributed by atoms with Gasteiger partial charge in [0.15, 0.2) is 0 Å². The lowest BCUT2D eigenvalue weighted by atomic mass is 9.79. The van der Waals surface area contributed by atoms with Crippen molar-refractivity contribution in [2.75, 3.05) is 0 Å². The largest absolute Gasteiger partial charge is 0.0622 e. The maximum Gasteiger partial charge on any atom is 0.0159 e. The number of benzene rings is 25. The second-order valence-electron chi connectivity index (χ2n) is 45.2. The monoisotopic (exact) mass is 1900 g/mol. The van der Waals surface area contributed by atoms with Crippen molar-refractivity contribution in [2.45, 2.75) is 96.3 Å². The average Bonchev–Trinajstić information content (AvgIpc) is 1.53. The summed E-state index contributed by atoms with van der Waals surface area (Å²) in [5, 5.41) is 16.2. The van der Waals surface area contributed by atoms with Gasteiger partial charge in [-0.2, -0.15) is 0 Å². The van der Waals surface area contributed by atoms with Crippen LogP contribution in [0.5, 0.6) is 0 Å². The van der Waals surface area contributed by atoms with Gasteiger partial charge in [-0.3, -0.25) is 0 Å². The lowest BCUT2D eigenvalue weighted by Crippen LogP contribution is -2.17. The van der Waals surface area contributed by atoms with Crippen LogP contribution in [0, 0.1) is 0 Å². The third-order valence-corrected chi connectivity index (χ3v) is 35.2. The maximum absolute atomic E-state index is 2.58. The van der Waals surface area contributed by atoms with E-state index in [2.05, 4.69) is 542 Å². The summed E-state index contributed by atoms with van der Waals surface area (Å²) in [6.45, 7) is 24.2. The van der Waals surface area contributed by atoms with E-state index in [1.807, 2.05) is 0 Å². The van der Waals surface area contributed by atoms with Crippen LogP contribution in [0.1, 0.15) is 125 Å². The Labute approximate surface area is 872 Å². The van der Waals surface area contributed by atoms with E-state index in [0.717, 1.165) is 0 Å². The SMILES string of the molecule is CC1(C)c2cc(-c3cccc(-c4cc(-c5cccc(-c6ccccc6)c5)cc(-c5ccccc5)c4-c4ccccc4)c3)ccc2-c2cc3c(cc21)-c1c(cc2ccc4cccc5ccc1c2c45)C3(C)C.CC1(C)c2ccccc2-c2ccc(-c3cccc(-c4cc(-c5cccc(-c6ccc7c(c6)C(C)(C)c6cc8c(cc6-7)C(C)(C)c6cc7ccc9cccc%10ccc(c6-8)c7c9%10)c5)cc(-c5ccccc5)c4-c4ccccc4)c3)cc21. The summed E-state index contributed by atoms with van der Waals surface area (Å²) in [4.78, 5) is 0. The molecule has 0 heteroatoms. The summed E-state index contributed by atoms with van der Waals surface area (Å²) < 4.78 is 0. The van der Waals surface area contributed by atoms with Crippen molar-refractivity contribution in [3.63, 3.8) is 0 Å². The molecule has 0 saturated carbocycles. The second kappa shape index (κ2) is 32.8. The molecule has 0 amide bonds. The minimum Gasteiger partial charge on any atom is -0.0622 e. The summed E-state index contributed by atoms with van der Waals surface area (Å²) in [5.41, 5.74) is 56.2. The maximum atomic E-state index is 2.58. The summed E-state index contributed by atoms with van der Waals surface area (Å²) >= 11 is 0. The summed E-state index contributed by atoms with van der Waals surface area (Å²) in [5.74, 6) is 0. The highest BCUT2D eigenvalue weighted by atomic mass is 14.5. The molecule has 704 valence electrons. The van der Waals surface area contributed by atoms with E-state index in [-0.39, 0.29) is 27.1 Å². The van der Waals surface area contributed by atoms with E-state index in [4.69, 9.17) is 0 Å². The Bertz CT molecular complexity index is 9890. The molecule has 0 unspecified atom stereocenters. The zero-order valence-corrected chi connectivity index (χ0v) is 85.5. The highest BCUT2D eigenvalue weighted by Gasteiger charge is 2.46. The van der Waals surface area contributed by atoms with Gasteiger partial charge in [-0.1, -0.05) is 439 Å². The van der Waals surface area contributed by atoms with Gasteiger partial charge in [0.05, 0.1) is 0 Å². The van der Waals surface area contributed by atoms with Gasteiger partial charge in [-0.25, -0.2) is 0 Å². The van der Waals surface area contributed by atoms with Gasteiger partial charge in [-0.15, -0.1) is 0 Å². The van der Waals surface area contributed by atoms with Gasteiger partial charge >= 0.3 is 0 Å². The molecule has 0 bridgehead atoms. The zero-order chi connectivity index (χ0) is 100.0. The van der Waals surface area contributed by atoms with Crippen LogP contribution >= 0.6 is 0 Å². The van der Waals surface area contributed by atoms with E-state index < -0.39 is 0 Å². The molecule has 0 atom stereocenters. The van der Waals surface area contributed by atoms with Crippen LogP contribution in [0.25, 0.3) is 254 Å². The van der Waals surface area contributed by atoms with Gasteiger partial charge in [0.1, 0.15) is 0 Å². The topological polar surface area (TPSA) is 0 Å². The van der Waals surface area contributed by atoms with Crippen molar-refractivity contribution in [3.05, 3.63) is 529 Å². The second-order valence-corrected chi connectivity index (χ2v) is 45.2. The first-order valence-corrected chi connectivity index (χ1v) is 53.0. The predicted octanol–water partition coefficient (Wildman–Crippen LogP) is 40.7. The number of hydrogen-bond donors (Lipinski definition) is 0. The molecule has 25 aromatic carbocycles. The van der Waals surface area contributed by atoms with Crippen molar-refractivity contribution in [1.82, 2.24) is 0 Å². The minimum absolute atomic E-state index is 0.0784. The molecule has 0 heterocycles. The van der Waals surface area contributed by atoms with Gasteiger partial charge in [0.2, 0.25) is 0 Å². The number of rotatable bonds is 12. The molecule has 0 spiro atoms. The van der Waals surface area contributed by atoms with E-state index in [0.29, 0.717) is 0 Å². The fourth-order valence-electron chi connectivity index (χ4n) is 27.4. The molecule has 0 fully saturated rings. The third kappa shape index (κ3) is 13.5. The molecule has 5 aliphatic carbocycles. The van der Waals surface area contributed by atoms with E-state index in [1.54, 1.807) is 0 Å². The van der Waals surface area contributed by atoms with Crippen LogP contribution in [-0.2, 0) is 27.1 Å². The van der Waals surface area contributed by atoms with Crippen molar-refractivity contribution >= 4 is 64.6 Å². The molecular weight excluding hydrogens is 1790 g/mol. The Morgan fingerprint density at radius 2 is 0.356 bits per heavy atom. The standard InChI is InChI=1S/C79H58.C70H50/c1-77(2)67-29-14-13-28-59(67)60-35-33-55(42-68(60)77)52-25-17-27-56(39-52)64-41-58(40-63(47-18-9-7-10-19-47)74(64)48-20-11-8-12-21-48)53-26-16-24-51(38-53)54-34-36-61-65-45-71-66(46-70(65)78(3,4)69(61)43-54)76-62-37-32-50-23-15-22-49-30-31-57(75(62)73(49)50)44-72(76)79(71,5)6;1-69(2)61-39-51(32-33-55(61)59-41-63-60(42-62(59)69)68-56-34-31-47-24-14-23-46-29-30-53(67(56)65(46)47)40-64(68)70(63,3)4)49-26-16-28-52(36-49)58-38-54(50-27-15-25-48(35-50)43-17-8-5-9-18-43)37-57(44-19-10-6-11-20-44)66(58)45-21-12-7-13-22-45/h7-46H,1-6H3;5-42H,1-4H3. The fourth-order valence-corrected chi connectivity index (χ4v) is 27.4.